The SMILES string of the molecule is O=S(=O)(NCCCOCCO)c1cccc(C(F)(F)F)c1. The van der Waals surface area contributed by atoms with Gasteiger partial charge >= 0.3 is 6.18 Å². The summed E-state index contributed by atoms with van der Waals surface area (Å²) < 4.78 is 68.4. The molecule has 1 aromatic carbocycles. The maximum atomic E-state index is 12.5. The monoisotopic (exact) mass is 327 g/mol. The molecule has 9 heteroatoms. The highest BCUT2D eigenvalue weighted by atomic mass is 32.2. The van der Waals surface area contributed by atoms with Gasteiger partial charge in [-0.15, -0.1) is 0 Å². The lowest BCUT2D eigenvalue weighted by atomic mass is 10.2. The average Bonchev–Trinajstić information content (AvgIpc) is 2.42. The van der Waals surface area contributed by atoms with E-state index in [-0.39, 0.29) is 26.4 Å². The Morgan fingerprint density at radius 3 is 2.57 bits per heavy atom. The highest BCUT2D eigenvalue weighted by Gasteiger charge is 2.31. The summed E-state index contributed by atoms with van der Waals surface area (Å²) in [5.41, 5.74) is -1.02. The molecule has 0 aliphatic carbocycles. The number of alkyl halides is 3. The first-order valence-corrected chi connectivity index (χ1v) is 7.61. The van der Waals surface area contributed by atoms with Crippen molar-refractivity contribution in [2.75, 3.05) is 26.4 Å². The van der Waals surface area contributed by atoms with E-state index in [1.165, 1.54) is 0 Å². The number of halogens is 3. The lowest BCUT2D eigenvalue weighted by Crippen LogP contribution is -2.26. The fraction of sp³-hybridized carbons (Fsp3) is 0.500. The van der Waals surface area contributed by atoms with Gasteiger partial charge < -0.3 is 9.84 Å². The van der Waals surface area contributed by atoms with Gasteiger partial charge in [0.1, 0.15) is 0 Å². The molecule has 0 aliphatic heterocycles. The standard InChI is InChI=1S/C12H16F3NO4S/c13-12(14,15)10-3-1-4-11(9-10)21(18,19)16-5-2-7-20-8-6-17/h1,3-4,9,16-17H,2,5-8H2. The van der Waals surface area contributed by atoms with Crippen molar-refractivity contribution in [1.29, 1.82) is 0 Å². The minimum Gasteiger partial charge on any atom is -0.394 e. The largest absolute Gasteiger partial charge is 0.416 e. The molecule has 0 heterocycles. The predicted molar refractivity (Wildman–Crippen MR) is 69.2 cm³/mol. The molecule has 5 nitrogen and oxygen atoms in total. The smallest absolute Gasteiger partial charge is 0.394 e. The van der Waals surface area contributed by atoms with Gasteiger partial charge in [0.15, 0.2) is 0 Å². The third kappa shape index (κ3) is 6.00. The summed E-state index contributed by atoms with van der Waals surface area (Å²) >= 11 is 0. The van der Waals surface area contributed by atoms with Crippen molar-refractivity contribution < 1.29 is 31.4 Å². The second-order valence-corrected chi connectivity index (χ2v) is 5.88. The summed E-state index contributed by atoms with van der Waals surface area (Å²) in [6, 6.07) is 3.54. The fourth-order valence-electron chi connectivity index (χ4n) is 1.47. The summed E-state index contributed by atoms with van der Waals surface area (Å²) in [7, 11) is -3.99. The zero-order chi connectivity index (χ0) is 15.9. The van der Waals surface area contributed by atoms with E-state index in [4.69, 9.17) is 9.84 Å². The van der Waals surface area contributed by atoms with Crippen LogP contribution in [0, 0.1) is 0 Å². The number of aliphatic hydroxyl groups is 1. The molecule has 0 saturated carbocycles. The lowest BCUT2D eigenvalue weighted by molar-refractivity contribution is -0.137. The van der Waals surface area contributed by atoms with Crippen LogP contribution in [0.5, 0.6) is 0 Å². The summed E-state index contributed by atoms with van der Waals surface area (Å²) in [6.45, 7) is 0.298. The van der Waals surface area contributed by atoms with Crippen LogP contribution in [-0.2, 0) is 20.9 Å². The molecular weight excluding hydrogens is 311 g/mol. The Morgan fingerprint density at radius 1 is 1.24 bits per heavy atom. The van der Waals surface area contributed by atoms with Crippen molar-refractivity contribution in [2.24, 2.45) is 0 Å². The first kappa shape index (κ1) is 17.9. The zero-order valence-electron chi connectivity index (χ0n) is 11.1. The average molecular weight is 327 g/mol. The second-order valence-electron chi connectivity index (χ2n) is 4.11. The van der Waals surface area contributed by atoms with Gasteiger partial charge in [-0.2, -0.15) is 13.2 Å². The number of ether oxygens (including phenoxy) is 1. The van der Waals surface area contributed by atoms with E-state index >= 15 is 0 Å². The molecule has 0 saturated heterocycles. The minimum atomic E-state index is -4.59. The van der Waals surface area contributed by atoms with Gasteiger partial charge in [-0.1, -0.05) is 6.07 Å². The van der Waals surface area contributed by atoms with Crippen LogP contribution in [0.25, 0.3) is 0 Å². The first-order valence-electron chi connectivity index (χ1n) is 6.13. The van der Waals surface area contributed by atoms with Crippen molar-refractivity contribution in [3.05, 3.63) is 29.8 Å². The van der Waals surface area contributed by atoms with Gasteiger partial charge in [0, 0.05) is 13.2 Å². The van der Waals surface area contributed by atoms with Crippen molar-refractivity contribution in [3.8, 4) is 0 Å². The summed E-state index contributed by atoms with van der Waals surface area (Å²) in [5.74, 6) is 0. The normalized spacial score (nSPS) is 12.6. The Kier molecular flexibility index (Phi) is 6.59. The molecule has 0 atom stereocenters. The molecule has 1 rings (SSSR count). The third-order valence-electron chi connectivity index (χ3n) is 2.46. The Morgan fingerprint density at radius 2 is 1.95 bits per heavy atom. The number of benzene rings is 1. The van der Waals surface area contributed by atoms with Gasteiger partial charge in [0.2, 0.25) is 10.0 Å². The van der Waals surface area contributed by atoms with Gasteiger partial charge in [-0.05, 0) is 24.6 Å². The summed E-state index contributed by atoms with van der Waals surface area (Å²) in [5, 5.41) is 8.46. The molecule has 0 aromatic heterocycles. The highest BCUT2D eigenvalue weighted by Crippen LogP contribution is 2.30. The topological polar surface area (TPSA) is 75.6 Å². The van der Waals surface area contributed by atoms with E-state index < -0.39 is 26.7 Å². The Balaban J connectivity index is 2.62. The quantitative estimate of drug-likeness (QED) is 0.708. The van der Waals surface area contributed by atoms with Gasteiger partial charge in [-0.3, -0.25) is 0 Å². The molecule has 0 aliphatic rings. The van der Waals surface area contributed by atoms with E-state index in [1.807, 2.05) is 0 Å². The van der Waals surface area contributed by atoms with Gasteiger partial charge in [0.05, 0.1) is 23.7 Å². The number of rotatable bonds is 8. The zero-order valence-corrected chi connectivity index (χ0v) is 11.9. The molecule has 0 unspecified atom stereocenters. The van der Waals surface area contributed by atoms with E-state index in [1.54, 1.807) is 0 Å². The van der Waals surface area contributed by atoms with Crippen LogP contribution >= 0.6 is 0 Å². The number of aliphatic hydroxyl groups excluding tert-OH is 1. The second kappa shape index (κ2) is 7.74. The molecule has 1 aromatic rings. The summed E-state index contributed by atoms with van der Waals surface area (Å²) in [6.07, 6.45) is -4.25. The number of nitrogens with one attached hydrogen (secondary N) is 1. The van der Waals surface area contributed by atoms with Crippen molar-refractivity contribution >= 4 is 10.0 Å². The first-order chi connectivity index (χ1) is 9.77. The van der Waals surface area contributed by atoms with Crippen molar-refractivity contribution in [2.45, 2.75) is 17.5 Å². The molecule has 0 fully saturated rings. The van der Waals surface area contributed by atoms with E-state index in [0.717, 1.165) is 18.2 Å². The van der Waals surface area contributed by atoms with Crippen LogP contribution in [-0.4, -0.2) is 39.9 Å². The molecule has 21 heavy (non-hydrogen) atoms. The lowest BCUT2D eigenvalue weighted by Gasteiger charge is -2.10. The molecule has 2 N–H and O–H groups in total. The van der Waals surface area contributed by atoms with E-state index in [2.05, 4.69) is 4.72 Å². The molecule has 0 spiro atoms. The number of hydrogen-bond acceptors (Lipinski definition) is 4. The third-order valence-corrected chi connectivity index (χ3v) is 3.92. The maximum absolute atomic E-state index is 12.5. The maximum Gasteiger partial charge on any atom is 0.416 e. The van der Waals surface area contributed by atoms with Crippen LogP contribution < -0.4 is 4.72 Å². The van der Waals surface area contributed by atoms with E-state index in [0.29, 0.717) is 12.5 Å². The number of hydrogen-bond donors (Lipinski definition) is 2. The fourth-order valence-corrected chi connectivity index (χ4v) is 2.59. The van der Waals surface area contributed by atoms with Crippen LogP contribution in [0.3, 0.4) is 0 Å². The molecule has 0 bridgehead atoms. The van der Waals surface area contributed by atoms with E-state index in [9.17, 15) is 21.6 Å². The van der Waals surface area contributed by atoms with Crippen LogP contribution in [0.1, 0.15) is 12.0 Å². The number of sulfonamides is 1. The van der Waals surface area contributed by atoms with Gasteiger partial charge in [-0.25, -0.2) is 13.1 Å². The highest BCUT2D eigenvalue weighted by molar-refractivity contribution is 7.89. The predicted octanol–water partition coefficient (Wildman–Crippen LogP) is 1.38. The van der Waals surface area contributed by atoms with Crippen LogP contribution in [0.2, 0.25) is 0 Å². The molecule has 0 radical (unpaired) electrons. The molecule has 0 amide bonds. The Labute approximate surface area is 120 Å². The van der Waals surface area contributed by atoms with Crippen LogP contribution in [0.15, 0.2) is 29.2 Å². The minimum absolute atomic E-state index is 0.0318. The van der Waals surface area contributed by atoms with Crippen LogP contribution in [0.4, 0.5) is 13.2 Å². The van der Waals surface area contributed by atoms with Crippen molar-refractivity contribution in [3.63, 3.8) is 0 Å². The molecule has 120 valence electrons. The van der Waals surface area contributed by atoms with Gasteiger partial charge in [0.25, 0.3) is 0 Å². The molecular formula is C12H16F3NO4S. The summed E-state index contributed by atoms with van der Waals surface area (Å²) in [4.78, 5) is -0.436. The Bertz CT molecular complexity index is 546. The van der Waals surface area contributed by atoms with Crippen molar-refractivity contribution in [1.82, 2.24) is 4.72 Å². The Hall–Kier alpha value is -1.16.